The first-order valence-electron chi connectivity index (χ1n) is 4.76. The molecule has 0 aliphatic carbocycles. The van der Waals surface area contributed by atoms with Crippen LogP contribution in [-0.2, 0) is 4.79 Å². The van der Waals surface area contributed by atoms with Crippen LogP contribution in [0.15, 0.2) is 30.5 Å². The Balaban J connectivity index is 2.46. The molecule has 2 aromatic rings. The summed E-state index contributed by atoms with van der Waals surface area (Å²) in [6, 6.07) is 6.91. The highest BCUT2D eigenvalue weighted by Gasteiger charge is 2.26. The standard InChI is InChI=1S/C11H11NO4/c13-9(10(14)11(15)16)7-3-1-2-6-4-5-12-8(6)7/h1-5,9-10,12-14H,(H,15,16). The van der Waals surface area contributed by atoms with Crippen LogP contribution in [0.1, 0.15) is 11.7 Å². The highest BCUT2D eigenvalue weighted by atomic mass is 16.4. The third-order valence-corrected chi connectivity index (χ3v) is 2.49. The summed E-state index contributed by atoms with van der Waals surface area (Å²) in [5.41, 5.74) is 1.01. The van der Waals surface area contributed by atoms with Gasteiger partial charge in [-0.3, -0.25) is 0 Å². The number of aromatic nitrogens is 1. The predicted molar refractivity (Wildman–Crippen MR) is 56.9 cm³/mol. The second kappa shape index (κ2) is 3.96. The molecule has 0 radical (unpaired) electrons. The zero-order valence-corrected chi connectivity index (χ0v) is 8.29. The van der Waals surface area contributed by atoms with Gasteiger partial charge in [-0.05, 0) is 11.5 Å². The minimum atomic E-state index is -1.83. The molecule has 0 saturated carbocycles. The lowest BCUT2D eigenvalue weighted by molar-refractivity contribution is -0.153. The van der Waals surface area contributed by atoms with Crippen molar-refractivity contribution in [2.24, 2.45) is 0 Å². The predicted octanol–water partition coefficient (Wildman–Crippen LogP) is 0.647. The van der Waals surface area contributed by atoms with E-state index in [0.717, 1.165) is 5.39 Å². The average Bonchev–Trinajstić information content (AvgIpc) is 2.74. The van der Waals surface area contributed by atoms with Crippen LogP contribution in [0.3, 0.4) is 0 Å². The monoisotopic (exact) mass is 221 g/mol. The van der Waals surface area contributed by atoms with E-state index in [-0.39, 0.29) is 0 Å². The van der Waals surface area contributed by atoms with E-state index in [1.165, 1.54) is 0 Å². The third kappa shape index (κ3) is 1.66. The normalized spacial score (nSPS) is 14.9. The number of aliphatic hydroxyl groups is 2. The molecule has 0 fully saturated rings. The van der Waals surface area contributed by atoms with E-state index in [1.807, 2.05) is 6.07 Å². The number of carboxylic acids is 1. The zero-order chi connectivity index (χ0) is 11.7. The molecule has 4 N–H and O–H groups in total. The molecule has 1 aromatic heterocycles. The van der Waals surface area contributed by atoms with Gasteiger partial charge in [-0.1, -0.05) is 18.2 Å². The number of hydrogen-bond acceptors (Lipinski definition) is 3. The van der Waals surface area contributed by atoms with Gasteiger partial charge in [-0.15, -0.1) is 0 Å². The topological polar surface area (TPSA) is 93.6 Å². The number of nitrogens with one attached hydrogen (secondary N) is 1. The maximum Gasteiger partial charge on any atom is 0.335 e. The molecule has 1 heterocycles. The van der Waals surface area contributed by atoms with Gasteiger partial charge in [0.05, 0.1) is 5.52 Å². The van der Waals surface area contributed by atoms with E-state index in [4.69, 9.17) is 5.11 Å². The third-order valence-electron chi connectivity index (χ3n) is 2.49. The first-order chi connectivity index (χ1) is 7.61. The number of carbonyl (C=O) groups is 1. The first-order valence-corrected chi connectivity index (χ1v) is 4.76. The van der Waals surface area contributed by atoms with E-state index < -0.39 is 18.2 Å². The Morgan fingerprint density at radius 2 is 2.00 bits per heavy atom. The molecule has 0 bridgehead atoms. The van der Waals surface area contributed by atoms with Crippen LogP contribution in [0.2, 0.25) is 0 Å². The average molecular weight is 221 g/mol. The number of aromatic amines is 1. The Morgan fingerprint density at radius 1 is 1.25 bits per heavy atom. The molecular formula is C11H11NO4. The van der Waals surface area contributed by atoms with Gasteiger partial charge in [0, 0.05) is 11.8 Å². The molecule has 84 valence electrons. The van der Waals surface area contributed by atoms with Crippen LogP contribution < -0.4 is 0 Å². The fourth-order valence-corrected chi connectivity index (χ4v) is 1.66. The van der Waals surface area contributed by atoms with Gasteiger partial charge in [0.25, 0.3) is 0 Å². The molecule has 0 amide bonds. The second-order valence-electron chi connectivity index (χ2n) is 3.52. The molecule has 2 rings (SSSR count). The van der Waals surface area contributed by atoms with Gasteiger partial charge >= 0.3 is 5.97 Å². The molecule has 5 nitrogen and oxygen atoms in total. The molecular weight excluding hydrogens is 210 g/mol. The van der Waals surface area contributed by atoms with Crippen molar-refractivity contribution in [1.29, 1.82) is 0 Å². The highest BCUT2D eigenvalue weighted by Crippen LogP contribution is 2.25. The number of hydrogen-bond donors (Lipinski definition) is 4. The van der Waals surface area contributed by atoms with Crippen molar-refractivity contribution < 1.29 is 20.1 Å². The van der Waals surface area contributed by atoms with Crippen molar-refractivity contribution in [2.45, 2.75) is 12.2 Å². The van der Waals surface area contributed by atoms with Crippen molar-refractivity contribution in [2.75, 3.05) is 0 Å². The molecule has 0 aliphatic rings. The van der Waals surface area contributed by atoms with Crippen LogP contribution in [-0.4, -0.2) is 32.4 Å². The lowest BCUT2D eigenvalue weighted by Crippen LogP contribution is -2.27. The fourth-order valence-electron chi connectivity index (χ4n) is 1.66. The van der Waals surface area contributed by atoms with Crippen LogP contribution in [0.5, 0.6) is 0 Å². The van der Waals surface area contributed by atoms with Crippen molar-refractivity contribution in [1.82, 2.24) is 4.98 Å². The highest BCUT2D eigenvalue weighted by molar-refractivity contribution is 5.84. The minimum absolute atomic E-state index is 0.373. The van der Waals surface area contributed by atoms with Gasteiger partial charge in [-0.25, -0.2) is 4.79 Å². The minimum Gasteiger partial charge on any atom is -0.479 e. The molecule has 1 aromatic carbocycles. The van der Waals surface area contributed by atoms with Gasteiger partial charge in [0.2, 0.25) is 0 Å². The van der Waals surface area contributed by atoms with Crippen LogP contribution in [0.4, 0.5) is 0 Å². The summed E-state index contributed by atoms with van der Waals surface area (Å²) in [6.45, 7) is 0. The summed E-state index contributed by atoms with van der Waals surface area (Å²) in [5, 5.41) is 28.5. The Morgan fingerprint density at radius 3 is 2.69 bits per heavy atom. The number of benzene rings is 1. The Hall–Kier alpha value is -1.85. The quantitative estimate of drug-likeness (QED) is 0.612. The van der Waals surface area contributed by atoms with Gasteiger partial charge in [-0.2, -0.15) is 0 Å². The molecule has 0 spiro atoms. The van der Waals surface area contributed by atoms with Crippen molar-refractivity contribution in [3.8, 4) is 0 Å². The van der Waals surface area contributed by atoms with E-state index in [2.05, 4.69) is 4.98 Å². The molecule has 16 heavy (non-hydrogen) atoms. The lowest BCUT2D eigenvalue weighted by atomic mass is 10.0. The smallest absolute Gasteiger partial charge is 0.335 e. The maximum absolute atomic E-state index is 10.6. The summed E-state index contributed by atoms with van der Waals surface area (Å²) in [5.74, 6) is -1.45. The second-order valence-corrected chi connectivity index (χ2v) is 3.52. The first kappa shape index (κ1) is 10.7. The summed E-state index contributed by atoms with van der Waals surface area (Å²) in [4.78, 5) is 13.5. The molecule has 0 saturated heterocycles. The Labute approximate surface area is 91.0 Å². The number of H-pyrrole nitrogens is 1. The van der Waals surface area contributed by atoms with Gasteiger partial charge in [0.15, 0.2) is 6.10 Å². The number of aliphatic carboxylic acids is 1. The fraction of sp³-hybridized carbons (Fsp3) is 0.182. The number of para-hydroxylation sites is 1. The molecule has 2 atom stereocenters. The van der Waals surface area contributed by atoms with E-state index in [0.29, 0.717) is 11.1 Å². The van der Waals surface area contributed by atoms with E-state index >= 15 is 0 Å². The van der Waals surface area contributed by atoms with Crippen molar-refractivity contribution in [3.63, 3.8) is 0 Å². The molecule has 2 unspecified atom stereocenters. The van der Waals surface area contributed by atoms with Crippen LogP contribution in [0, 0.1) is 0 Å². The number of carboxylic acid groups (broad SMARTS) is 1. The van der Waals surface area contributed by atoms with Gasteiger partial charge in [0.1, 0.15) is 6.10 Å². The summed E-state index contributed by atoms with van der Waals surface area (Å²) >= 11 is 0. The zero-order valence-electron chi connectivity index (χ0n) is 8.29. The number of aliphatic hydroxyl groups excluding tert-OH is 2. The maximum atomic E-state index is 10.6. The summed E-state index contributed by atoms with van der Waals surface area (Å²) < 4.78 is 0. The largest absolute Gasteiger partial charge is 0.479 e. The lowest BCUT2D eigenvalue weighted by Gasteiger charge is -2.15. The van der Waals surface area contributed by atoms with Gasteiger partial charge < -0.3 is 20.3 Å². The van der Waals surface area contributed by atoms with E-state index in [1.54, 1.807) is 24.4 Å². The van der Waals surface area contributed by atoms with E-state index in [9.17, 15) is 15.0 Å². The molecule has 5 heteroatoms. The SMILES string of the molecule is O=C(O)C(O)C(O)c1cccc2cc[nH]c12. The summed E-state index contributed by atoms with van der Waals surface area (Å²) in [6.07, 6.45) is -1.58. The van der Waals surface area contributed by atoms with Crippen LogP contribution >= 0.6 is 0 Å². The Bertz CT molecular complexity index is 519. The molecule has 0 aliphatic heterocycles. The van der Waals surface area contributed by atoms with Crippen LogP contribution in [0.25, 0.3) is 10.9 Å². The number of rotatable bonds is 3. The van der Waals surface area contributed by atoms with Crippen molar-refractivity contribution in [3.05, 3.63) is 36.0 Å². The Kier molecular flexibility index (Phi) is 2.64. The summed E-state index contributed by atoms with van der Waals surface area (Å²) in [7, 11) is 0. The number of fused-ring (bicyclic) bond motifs is 1. The van der Waals surface area contributed by atoms with Crippen molar-refractivity contribution >= 4 is 16.9 Å².